The molecule has 1 aliphatic carbocycles. The summed E-state index contributed by atoms with van der Waals surface area (Å²) in [5, 5.41) is 7.83. The molecule has 0 amide bonds. The van der Waals surface area contributed by atoms with Crippen LogP contribution in [0.25, 0.3) is 0 Å². The van der Waals surface area contributed by atoms with Crippen molar-refractivity contribution < 1.29 is 0 Å². The van der Waals surface area contributed by atoms with Gasteiger partial charge in [-0.25, -0.2) is 0 Å². The summed E-state index contributed by atoms with van der Waals surface area (Å²) in [5.74, 6) is 0.439. The molecule has 2 atom stereocenters. The van der Waals surface area contributed by atoms with Crippen molar-refractivity contribution in [1.29, 1.82) is 0 Å². The molecule has 0 spiro atoms. The van der Waals surface area contributed by atoms with Crippen LogP contribution in [0, 0.1) is 33.6 Å². The number of allylic oxidation sites excluding steroid dienone is 4. The summed E-state index contributed by atoms with van der Waals surface area (Å²) < 4.78 is 0. The average Bonchev–Trinajstić information content (AvgIpc) is 3.01. The first-order chi connectivity index (χ1) is 16.8. The van der Waals surface area contributed by atoms with E-state index in [9.17, 15) is 0 Å². The monoisotopic (exact) mass is 508 g/mol. The lowest BCUT2D eigenvalue weighted by molar-refractivity contribution is 0.851. The zero-order valence-electron chi connectivity index (χ0n) is 24.4. The molecule has 0 bridgehead atoms. The van der Waals surface area contributed by atoms with E-state index in [1.54, 1.807) is 15.6 Å². The summed E-state index contributed by atoms with van der Waals surface area (Å²) in [5.41, 5.74) is 10.2. The number of hydrogen-bond donors (Lipinski definition) is 0. The van der Waals surface area contributed by atoms with Crippen LogP contribution in [0.3, 0.4) is 0 Å². The minimum atomic E-state index is -2.57. The van der Waals surface area contributed by atoms with Crippen molar-refractivity contribution in [3.63, 3.8) is 0 Å². The molecule has 0 nitrogen and oxygen atoms in total. The topological polar surface area (TPSA) is 0 Å². The van der Waals surface area contributed by atoms with Crippen LogP contribution in [0.5, 0.6) is 0 Å². The fourth-order valence-electron chi connectivity index (χ4n) is 6.31. The van der Waals surface area contributed by atoms with Gasteiger partial charge in [-0.05, 0) is 92.2 Å². The minimum absolute atomic E-state index is 0.439. The van der Waals surface area contributed by atoms with Crippen LogP contribution in [0.1, 0.15) is 49.9 Å². The highest BCUT2D eigenvalue weighted by Gasteiger charge is 2.48. The molecule has 0 N–H and O–H groups in total. The standard InChI is InChI=1S/C34H44Si2/c1-22-17-31(35(9,10)11)21-32(18-22)36(30-15-13-12-14-16-30,33-19-23(2)25(4)24(3)20-33)34-28(7)26(5)27(6)29(34)8/h12-21,28H,1-11H3. The predicted molar refractivity (Wildman–Crippen MR) is 166 cm³/mol. The van der Waals surface area contributed by atoms with E-state index in [1.165, 1.54) is 49.3 Å². The van der Waals surface area contributed by atoms with Crippen LogP contribution < -0.4 is 20.7 Å². The van der Waals surface area contributed by atoms with Crippen molar-refractivity contribution in [2.24, 2.45) is 5.92 Å². The summed E-state index contributed by atoms with van der Waals surface area (Å²) in [4.78, 5) is 0. The molecule has 0 radical (unpaired) electrons. The van der Waals surface area contributed by atoms with Gasteiger partial charge in [0.15, 0.2) is 8.07 Å². The van der Waals surface area contributed by atoms with Gasteiger partial charge in [-0.2, -0.15) is 0 Å². The van der Waals surface area contributed by atoms with Crippen LogP contribution >= 0.6 is 0 Å². The van der Waals surface area contributed by atoms with E-state index in [0.29, 0.717) is 5.92 Å². The molecular weight excluding hydrogens is 465 g/mol. The van der Waals surface area contributed by atoms with E-state index in [-0.39, 0.29) is 0 Å². The maximum absolute atomic E-state index is 2.62. The minimum Gasteiger partial charge on any atom is -0.0656 e. The molecule has 0 saturated carbocycles. The van der Waals surface area contributed by atoms with Gasteiger partial charge >= 0.3 is 0 Å². The van der Waals surface area contributed by atoms with Crippen LogP contribution in [0.15, 0.2) is 82.6 Å². The lowest BCUT2D eigenvalue weighted by Gasteiger charge is -2.40. The first kappa shape index (κ1) is 26.6. The number of benzene rings is 3. The van der Waals surface area contributed by atoms with Gasteiger partial charge in [-0.1, -0.05) is 114 Å². The zero-order chi connectivity index (χ0) is 26.6. The molecule has 0 heterocycles. The molecule has 3 aromatic carbocycles. The van der Waals surface area contributed by atoms with Crippen LogP contribution in [-0.4, -0.2) is 16.1 Å². The highest BCUT2D eigenvalue weighted by Crippen LogP contribution is 2.41. The summed E-state index contributed by atoms with van der Waals surface area (Å²) in [6.45, 7) is 26.2. The van der Waals surface area contributed by atoms with E-state index in [4.69, 9.17) is 0 Å². The van der Waals surface area contributed by atoms with Crippen molar-refractivity contribution >= 4 is 36.9 Å². The van der Waals surface area contributed by atoms with Gasteiger partial charge in [0.25, 0.3) is 0 Å². The van der Waals surface area contributed by atoms with Crippen molar-refractivity contribution in [3.05, 3.63) is 105 Å². The maximum Gasteiger partial charge on any atom is 0.176 e. The van der Waals surface area contributed by atoms with Gasteiger partial charge in [0, 0.05) is 0 Å². The van der Waals surface area contributed by atoms with E-state index in [2.05, 4.69) is 136 Å². The highest BCUT2D eigenvalue weighted by molar-refractivity contribution is 7.16. The van der Waals surface area contributed by atoms with Gasteiger partial charge in [-0.3, -0.25) is 0 Å². The Hall–Kier alpha value is -2.43. The third-order valence-corrected chi connectivity index (χ3v) is 16.1. The van der Waals surface area contributed by atoms with Gasteiger partial charge in [0.05, 0.1) is 8.07 Å². The van der Waals surface area contributed by atoms with E-state index in [0.717, 1.165) is 0 Å². The summed E-state index contributed by atoms with van der Waals surface area (Å²) in [6, 6.07) is 24.2. The molecule has 2 heteroatoms. The smallest absolute Gasteiger partial charge is 0.0656 e. The quantitative estimate of drug-likeness (QED) is 0.263. The molecule has 0 fully saturated rings. The van der Waals surface area contributed by atoms with Gasteiger partial charge < -0.3 is 0 Å². The Morgan fingerprint density at radius 2 is 1.11 bits per heavy atom. The van der Waals surface area contributed by atoms with Crippen molar-refractivity contribution in [2.45, 2.75) is 75.0 Å². The molecule has 1 aliphatic rings. The molecule has 0 aliphatic heterocycles. The van der Waals surface area contributed by atoms with Crippen LogP contribution in [0.2, 0.25) is 19.6 Å². The summed E-state index contributed by atoms with van der Waals surface area (Å²) in [7, 11) is -4.08. The second-order valence-electron chi connectivity index (χ2n) is 12.3. The van der Waals surface area contributed by atoms with Crippen molar-refractivity contribution in [3.8, 4) is 0 Å². The van der Waals surface area contributed by atoms with Crippen molar-refractivity contribution in [2.75, 3.05) is 0 Å². The molecule has 0 saturated heterocycles. The zero-order valence-corrected chi connectivity index (χ0v) is 26.4. The fraction of sp³-hybridized carbons (Fsp3) is 0.353. The lowest BCUT2D eigenvalue weighted by Crippen LogP contribution is -2.70. The lowest BCUT2D eigenvalue weighted by atomic mass is 10.0. The molecular formula is C34H44Si2. The normalized spacial score (nSPS) is 18.1. The second-order valence-corrected chi connectivity index (χ2v) is 21.1. The van der Waals surface area contributed by atoms with Crippen LogP contribution in [0.4, 0.5) is 0 Å². The third kappa shape index (κ3) is 4.23. The highest BCUT2D eigenvalue weighted by atomic mass is 28.3. The Morgan fingerprint density at radius 3 is 1.61 bits per heavy atom. The number of aryl methyl sites for hydroxylation is 3. The Bertz CT molecular complexity index is 1360. The Balaban J connectivity index is 2.26. The Morgan fingerprint density at radius 1 is 0.583 bits per heavy atom. The molecule has 2 unspecified atom stereocenters. The first-order valence-corrected chi connectivity index (χ1v) is 19.0. The van der Waals surface area contributed by atoms with Crippen LogP contribution in [-0.2, 0) is 0 Å². The molecule has 0 aromatic heterocycles. The number of hydrogen-bond acceptors (Lipinski definition) is 0. The van der Waals surface area contributed by atoms with Crippen molar-refractivity contribution in [1.82, 2.24) is 0 Å². The van der Waals surface area contributed by atoms with E-state index >= 15 is 0 Å². The van der Waals surface area contributed by atoms with Gasteiger partial charge in [0.1, 0.15) is 0 Å². The second kappa shape index (κ2) is 9.46. The maximum atomic E-state index is 2.62. The Kier molecular flexibility index (Phi) is 7.00. The Labute approximate surface area is 222 Å². The molecule has 4 rings (SSSR count). The molecule has 36 heavy (non-hydrogen) atoms. The largest absolute Gasteiger partial charge is 0.176 e. The van der Waals surface area contributed by atoms with Gasteiger partial charge in [-0.15, -0.1) is 0 Å². The SMILES string of the molecule is CC1=C(C)C(C)C([Si](c2ccccc2)(c2cc(C)cc([Si](C)(C)C)c2)c2cc(C)c(C)c(C)c2)=C1C. The predicted octanol–water partition coefficient (Wildman–Crippen LogP) is 6.78. The number of rotatable bonds is 5. The third-order valence-electron chi connectivity index (χ3n) is 8.99. The fourth-order valence-corrected chi connectivity index (χ4v) is 13.6. The first-order valence-electron chi connectivity index (χ1n) is 13.5. The average molecular weight is 509 g/mol. The van der Waals surface area contributed by atoms with E-state index < -0.39 is 16.1 Å². The molecule has 3 aromatic rings. The summed E-state index contributed by atoms with van der Waals surface area (Å²) in [6.07, 6.45) is 0. The van der Waals surface area contributed by atoms with Gasteiger partial charge in [0.2, 0.25) is 0 Å². The summed E-state index contributed by atoms with van der Waals surface area (Å²) >= 11 is 0. The molecule has 188 valence electrons. The van der Waals surface area contributed by atoms with E-state index in [1.807, 2.05) is 0 Å².